The summed E-state index contributed by atoms with van der Waals surface area (Å²) in [6.45, 7) is 4.75. The van der Waals surface area contributed by atoms with Crippen LogP contribution in [-0.4, -0.2) is 9.97 Å². The minimum Gasteiger partial charge on any atom is -0.228 e. The first-order valence-corrected chi connectivity index (χ1v) is 19.7. The highest BCUT2D eigenvalue weighted by molar-refractivity contribution is 6.09. The molecular formula is C55H38N2. The Balaban J connectivity index is 1.09. The molecule has 0 saturated heterocycles. The molecule has 0 N–H and O–H groups in total. The Kier molecular flexibility index (Phi) is 7.55. The lowest BCUT2D eigenvalue weighted by molar-refractivity contribution is 0.666. The van der Waals surface area contributed by atoms with Gasteiger partial charge in [0.2, 0.25) is 0 Å². The maximum Gasteiger partial charge on any atom is 0.161 e. The maximum atomic E-state index is 5.37. The number of fused-ring (bicyclic) bond motifs is 7. The number of hydrogen-bond donors (Lipinski definition) is 0. The zero-order valence-electron chi connectivity index (χ0n) is 31.9. The third-order valence-electron chi connectivity index (χ3n) is 12.1. The highest BCUT2D eigenvalue weighted by atomic mass is 14.9. The van der Waals surface area contributed by atoms with E-state index in [1.807, 2.05) is 0 Å². The number of nitrogens with zero attached hydrogens (tertiary/aromatic N) is 2. The van der Waals surface area contributed by atoms with Gasteiger partial charge in [0, 0.05) is 22.1 Å². The first kappa shape index (κ1) is 33.2. The lowest BCUT2D eigenvalue weighted by Gasteiger charge is -2.23. The Morgan fingerprint density at radius 1 is 0.351 bits per heavy atom. The van der Waals surface area contributed by atoms with Crippen molar-refractivity contribution in [1.82, 2.24) is 9.97 Å². The van der Waals surface area contributed by atoms with E-state index in [9.17, 15) is 0 Å². The second kappa shape index (κ2) is 13.0. The zero-order chi connectivity index (χ0) is 38.1. The van der Waals surface area contributed by atoms with E-state index in [1.165, 1.54) is 65.9 Å². The van der Waals surface area contributed by atoms with E-state index in [4.69, 9.17) is 9.97 Å². The second-order valence-electron chi connectivity index (χ2n) is 15.7. The fraction of sp³-hybridized carbons (Fsp3) is 0.0545. The van der Waals surface area contributed by atoms with Crippen molar-refractivity contribution in [3.8, 4) is 67.3 Å². The summed E-state index contributed by atoms with van der Waals surface area (Å²) >= 11 is 0. The normalized spacial score (nSPS) is 12.9. The van der Waals surface area contributed by atoms with E-state index >= 15 is 0 Å². The molecule has 0 radical (unpaired) electrons. The van der Waals surface area contributed by atoms with Crippen LogP contribution in [0, 0.1) is 0 Å². The van der Waals surface area contributed by atoms with Gasteiger partial charge in [0.1, 0.15) is 0 Å². The Morgan fingerprint density at radius 3 is 1.70 bits per heavy atom. The van der Waals surface area contributed by atoms with Crippen LogP contribution >= 0.6 is 0 Å². The predicted molar refractivity (Wildman–Crippen MR) is 239 cm³/mol. The molecule has 2 heteroatoms. The van der Waals surface area contributed by atoms with Gasteiger partial charge in [-0.2, -0.15) is 0 Å². The summed E-state index contributed by atoms with van der Waals surface area (Å²) in [6.07, 6.45) is 0. The average molecular weight is 727 g/mol. The summed E-state index contributed by atoms with van der Waals surface area (Å²) in [5, 5.41) is 7.39. The van der Waals surface area contributed by atoms with Gasteiger partial charge in [-0.15, -0.1) is 0 Å². The molecule has 1 aliphatic carbocycles. The van der Waals surface area contributed by atoms with Crippen molar-refractivity contribution >= 4 is 32.3 Å². The third kappa shape index (κ3) is 5.33. The summed E-state index contributed by atoms with van der Waals surface area (Å²) in [7, 11) is 0. The van der Waals surface area contributed by atoms with Crippen LogP contribution in [0.15, 0.2) is 194 Å². The molecule has 57 heavy (non-hydrogen) atoms. The number of benzene rings is 9. The van der Waals surface area contributed by atoms with Crippen LogP contribution in [-0.2, 0) is 5.41 Å². The number of rotatable bonds is 5. The molecule has 9 aromatic carbocycles. The first-order chi connectivity index (χ1) is 28.0. The smallest absolute Gasteiger partial charge is 0.161 e. The van der Waals surface area contributed by atoms with Gasteiger partial charge in [0.15, 0.2) is 5.82 Å². The van der Waals surface area contributed by atoms with Crippen LogP contribution in [0.1, 0.15) is 25.0 Å². The SMILES string of the molecule is CC1(C)c2cccc(-c3ccc(-c4nc(-c5ccccc5)cc(-c5cccc(-c6cccc7ccccc67)c5)n4)c4ccccc34)c2-c2ccc3ccccc3c21. The Labute approximate surface area is 332 Å². The van der Waals surface area contributed by atoms with Gasteiger partial charge in [0.25, 0.3) is 0 Å². The highest BCUT2D eigenvalue weighted by Crippen LogP contribution is 2.55. The number of hydrogen-bond acceptors (Lipinski definition) is 2. The Morgan fingerprint density at radius 2 is 0.895 bits per heavy atom. The fourth-order valence-corrected chi connectivity index (χ4v) is 9.40. The van der Waals surface area contributed by atoms with E-state index < -0.39 is 0 Å². The van der Waals surface area contributed by atoms with E-state index in [-0.39, 0.29) is 5.41 Å². The van der Waals surface area contributed by atoms with Crippen LogP contribution in [0.5, 0.6) is 0 Å². The highest BCUT2D eigenvalue weighted by Gasteiger charge is 2.38. The standard InChI is InChI=1S/C55H38N2/c1-55(2)49-28-14-27-46(52(49)48-30-29-36-16-7-9-23-42(36)53(48)55)45-31-32-47(44-25-11-10-24-43(44)45)54-56-50(37-17-4-3-5-18-37)34-51(57-54)39-21-12-20-38(33-39)41-26-13-19-35-15-6-8-22-40(35)41/h3-34H,1-2H3. The summed E-state index contributed by atoms with van der Waals surface area (Å²) in [6, 6.07) is 70.0. The quantitative estimate of drug-likeness (QED) is 0.176. The van der Waals surface area contributed by atoms with Gasteiger partial charge < -0.3 is 0 Å². The van der Waals surface area contributed by atoms with Gasteiger partial charge in [-0.25, -0.2) is 9.97 Å². The molecule has 1 aromatic heterocycles. The van der Waals surface area contributed by atoms with Crippen LogP contribution in [0.3, 0.4) is 0 Å². The van der Waals surface area contributed by atoms with Crippen LogP contribution in [0.2, 0.25) is 0 Å². The van der Waals surface area contributed by atoms with Crippen molar-refractivity contribution in [1.29, 1.82) is 0 Å². The van der Waals surface area contributed by atoms with E-state index in [2.05, 4.69) is 208 Å². The molecule has 0 saturated carbocycles. The molecule has 10 aromatic rings. The fourth-order valence-electron chi connectivity index (χ4n) is 9.40. The van der Waals surface area contributed by atoms with Crippen LogP contribution in [0.4, 0.5) is 0 Å². The Hall–Kier alpha value is -7.16. The molecule has 1 heterocycles. The van der Waals surface area contributed by atoms with E-state index in [0.717, 1.165) is 39.0 Å². The van der Waals surface area contributed by atoms with Crippen molar-refractivity contribution in [2.24, 2.45) is 0 Å². The average Bonchev–Trinajstić information content (AvgIpc) is 3.52. The molecule has 11 rings (SSSR count). The molecule has 0 aliphatic heterocycles. The third-order valence-corrected chi connectivity index (χ3v) is 12.1. The predicted octanol–water partition coefficient (Wildman–Crippen LogP) is 14.6. The molecule has 0 bridgehead atoms. The summed E-state index contributed by atoms with van der Waals surface area (Å²) in [5.41, 5.74) is 15.0. The summed E-state index contributed by atoms with van der Waals surface area (Å²) in [4.78, 5) is 10.7. The molecule has 0 fully saturated rings. The van der Waals surface area contributed by atoms with Crippen LogP contribution in [0.25, 0.3) is 99.6 Å². The summed E-state index contributed by atoms with van der Waals surface area (Å²) < 4.78 is 0. The van der Waals surface area contributed by atoms with E-state index in [1.54, 1.807) is 0 Å². The number of aromatic nitrogens is 2. The maximum absolute atomic E-state index is 5.37. The second-order valence-corrected chi connectivity index (χ2v) is 15.7. The van der Waals surface area contributed by atoms with Crippen molar-refractivity contribution < 1.29 is 0 Å². The van der Waals surface area contributed by atoms with Crippen molar-refractivity contribution in [3.05, 3.63) is 205 Å². The molecule has 1 aliphatic rings. The summed E-state index contributed by atoms with van der Waals surface area (Å²) in [5.74, 6) is 0.709. The van der Waals surface area contributed by atoms with Crippen molar-refractivity contribution in [3.63, 3.8) is 0 Å². The van der Waals surface area contributed by atoms with Gasteiger partial charge in [-0.05, 0) is 95.0 Å². The molecule has 0 amide bonds. The molecule has 2 nitrogen and oxygen atoms in total. The molecule has 0 spiro atoms. The zero-order valence-corrected chi connectivity index (χ0v) is 31.9. The van der Waals surface area contributed by atoms with Gasteiger partial charge >= 0.3 is 0 Å². The first-order valence-electron chi connectivity index (χ1n) is 19.7. The van der Waals surface area contributed by atoms with Crippen LogP contribution < -0.4 is 0 Å². The van der Waals surface area contributed by atoms with Gasteiger partial charge in [-0.3, -0.25) is 0 Å². The van der Waals surface area contributed by atoms with Crippen molar-refractivity contribution in [2.75, 3.05) is 0 Å². The molecule has 0 atom stereocenters. The molecular weight excluding hydrogens is 689 g/mol. The lowest BCUT2D eigenvalue weighted by atomic mass is 9.80. The van der Waals surface area contributed by atoms with Crippen molar-refractivity contribution in [2.45, 2.75) is 19.3 Å². The minimum atomic E-state index is -0.135. The Bertz CT molecular complexity index is 3210. The molecule has 268 valence electrons. The largest absolute Gasteiger partial charge is 0.228 e. The topological polar surface area (TPSA) is 25.8 Å². The lowest BCUT2D eigenvalue weighted by Crippen LogP contribution is -2.15. The minimum absolute atomic E-state index is 0.135. The monoisotopic (exact) mass is 726 g/mol. The van der Waals surface area contributed by atoms with Gasteiger partial charge in [-0.1, -0.05) is 190 Å². The van der Waals surface area contributed by atoms with Gasteiger partial charge in [0.05, 0.1) is 11.4 Å². The molecule has 0 unspecified atom stereocenters. The van der Waals surface area contributed by atoms with E-state index in [0.29, 0.717) is 5.82 Å².